The van der Waals surface area contributed by atoms with E-state index in [0.717, 1.165) is 24.2 Å². The molecule has 0 aliphatic heterocycles. The molecule has 1 aliphatic carbocycles. The van der Waals surface area contributed by atoms with Gasteiger partial charge in [0.25, 0.3) is 5.91 Å². The Morgan fingerprint density at radius 1 is 1.23 bits per heavy atom. The fourth-order valence-corrected chi connectivity index (χ4v) is 3.19. The summed E-state index contributed by atoms with van der Waals surface area (Å²) < 4.78 is 10.9. The molecule has 0 bridgehead atoms. The first-order valence-electron chi connectivity index (χ1n) is 10.1. The summed E-state index contributed by atoms with van der Waals surface area (Å²) in [5.41, 5.74) is 1.58. The van der Waals surface area contributed by atoms with Gasteiger partial charge < -0.3 is 19.9 Å². The molecule has 0 saturated heterocycles. The smallest absolute Gasteiger partial charge is 0.338 e. The predicted octanol–water partition coefficient (Wildman–Crippen LogP) is 4.76. The number of rotatable bonds is 7. The summed E-state index contributed by atoms with van der Waals surface area (Å²) >= 11 is 0. The summed E-state index contributed by atoms with van der Waals surface area (Å²) in [6, 6.07) is 14.0. The summed E-state index contributed by atoms with van der Waals surface area (Å²) in [6.07, 6.45) is 3.64. The Hall–Kier alpha value is -3.79. The number of esters is 1. The van der Waals surface area contributed by atoms with Crippen LogP contribution < -0.4 is 10.1 Å². The third-order valence-corrected chi connectivity index (χ3v) is 5.15. The minimum absolute atomic E-state index is 0.155. The molecule has 0 unspecified atom stereocenters. The molecule has 1 saturated carbocycles. The molecule has 7 nitrogen and oxygen atoms in total. The Kier molecular flexibility index (Phi) is 6.93. The molecule has 160 valence electrons. The lowest BCUT2D eigenvalue weighted by molar-refractivity contribution is -0.112. The normalized spacial score (nSPS) is 14.0. The van der Waals surface area contributed by atoms with E-state index in [1.165, 1.54) is 19.6 Å². The van der Waals surface area contributed by atoms with Gasteiger partial charge in [-0.05, 0) is 54.7 Å². The van der Waals surface area contributed by atoms with Gasteiger partial charge in [-0.15, -0.1) is 0 Å². The molecule has 2 aromatic rings. The summed E-state index contributed by atoms with van der Waals surface area (Å²) in [5, 5.41) is 21.5. The van der Waals surface area contributed by atoms with Crippen LogP contribution in [0.5, 0.6) is 5.75 Å². The lowest BCUT2D eigenvalue weighted by atomic mass is 9.96. The van der Waals surface area contributed by atoms with Gasteiger partial charge in [0, 0.05) is 12.1 Å². The molecular weight excluding hydrogens is 396 g/mol. The molecule has 31 heavy (non-hydrogen) atoms. The number of ether oxygens (including phenoxy) is 2. The average Bonchev–Trinajstić information content (AvgIpc) is 2.76. The maximum absolute atomic E-state index is 12.4. The first-order valence-corrected chi connectivity index (χ1v) is 10.1. The van der Waals surface area contributed by atoms with E-state index in [1.54, 1.807) is 25.1 Å². The van der Waals surface area contributed by atoms with Crippen molar-refractivity contribution in [3.63, 3.8) is 0 Å². The van der Waals surface area contributed by atoms with Crippen LogP contribution in [0.4, 0.5) is 5.69 Å². The van der Waals surface area contributed by atoms with Gasteiger partial charge in [0.05, 0.1) is 18.8 Å². The number of amides is 1. The van der Waals surface area contributed by atoms with Crippen LogP contribution >= 0.6 is 0 Å². The summed E-state index contributed by atoms with van der Waals surface area (Å²) in [4.78, 5) is 24.8. The summed E-state index contributed by atoms with van der Waals surface area (Å²) in [7, 11) is 1.28. The van der Waals surface area contributed by atoms with Crippen molar-refractivity contribution in [3.8, 4) is 22.9 Å². The fraction of sp³-hybridized carbons (Fsp3) is 0.292. The fourth-order valence-electron chi connectivity index (χ4n) is 3.19. The Morgan fingerprint density at radius 3 is 2.61 bits per heavy atom. The molecule has 1 aliphatic rings. The number of nitrogens with one attached hydrogen (secondary N) is 1. The van der Waals surface area contributed by atoms with Crippen LogP contribution in [0.25, 0.3) is 11.1 Å². The lowest BCUT2D eigenvalue weighted by Crippen LogP contribution is -2.24. The van der Waals surface area contributed by atoms with Crippen molar-refractivity contribution in [1.82, 2.24) is 0 Å². The van der Waals surface area contributed by atoms with Crippen molar-refractivity contribution < 1.29 is 24.2 Å². The molecule has 3 rings (SSSR count). The highest BCUT2D eigenvalue weighted by Crippen LogP contribution is 2.32. The second-order valence-corrected chi connectivity index (χ2v) is 7.19. The van der Waals surface area contributed by atoms with Crippen molar-refractivity contribution in [2.45, 2.75) is 38.7 Å². The maximum Gasteiger partial charge on any atom is 0.338 e. The van der Waals surface area contributed by atoms with Gasteiger partial charge in [0.15, 0.2) is 5.57 Å². The topological polar surface area (TPSA) is 109 Å². The largest absolute Gasteiger partial charge is 0.511 e. The molecule has 0 spiro atoms. The Balaban J connectivity index is 1.92. The van der Waals surface area contributed by atoms with Crippen molar-refractivity contribution in [2.24, 2.45) is 0 Å². The predicted molar refractivity (Wildman–Crippen MR) is 116 cm³/mol. The van der Waals surface area contributed by atoms with E-state index in [9.17, 15) is 14.7 Å². The van der Waals surface area contributed by atoms with Crippen LogP contribution in [0, 0.1) is 11.3 Å². The van der Waals surface area contributed by atoms with Crippen molar-refractivity contribution in [3.05, 3.63) is 59.4 Å². The highest BCUT2D eigenvalue weighted by atomic mass is 16.5. The summed E-state index contributed by atoms with van der Waals surface area (Å²) in [5.74, 6) is -0.882. The quantitative estimate of drug-likeness (QED) is 0.289. The molecule has 1 amide bonds. The Morgan fingerprint density at radius 2 is 2.00 bits per heavy atom. The molecule has 0 heterocycles. The Labute approximate surface area is 180 Å². The van der Waals surface area contributed by atoms with Gasteiger partial charge in [0.1, 0.15) is 17.6 Å². The minimum atomic E-state index is -0.749. The molecular formula is C24H24N2O5. The number of aliphatic hydroxyl groups excluding tert-OH is 1. The van der Waals surface area contributed by atoms with E-state index in [1.807, 2.05) is 24.3 Å². The van der Waals surface area contributed by atoms with Gasteiger partial charge >= 0.3 is 5.97 Å². The number of benzene rings is 2. The first-order chi connectivity index (χ1) is 15.0. The number of nitrogens with zero attached hydrogens (tertiary/aromatic N) is 1. The van der Waals surface area contributed by atoms with Crippen LogP contribution in [0.15, 0.2) is 53.8 Å². The zero-order chi connectivity index (χ0) is 22.4. The van der Waals surface area contributed by atoms with Gasteiger partial charge in [-0.2, -0.15) is 5.26 Å². The highest BCUT2D eigenvalue weighted by molar-refractivity contribution is 6.08. The average molecular weight is 420 g/mol. The van der Waals surface area contributed by atoms with E-state index >= 15 is 0 Å². The summed E-state index contributed by atoms with van der Waals surface area (Å²) in [6.45, 7) is 1.63. The molecule has 0 radical (unpaired) electrons. The second-order valence-electron chi connectivity index (χ2n) is 7.19. The van der Waals surface area contributed by atoms with E-state index in [-0.39, 0.29) is 29.4 Å². The second kappa shape index (κ2) is 9.81. The number of methoxy groups -OCH3 is 1. The number of aliphatic hydroxyl groups is 1. The monoisotopic (exact) mass is 420 g/mol. The molecule has 2 aromatic carbocycles. The number of carbonyl (C=O) groups excluding carboxylic acids is 2. The number of hydrogen-bond acceptors (Lipinski definition) is 6. The number of hydrogen-bond donors (Lipinski definition) is 2. The van der Waals surface area contributed by atoms with E-state index in [4.69, 9.17) is 14.7 Å². The number of nitriles is 1. The van der Waals surface area contributed by atoms with Gasteiger partial charge in [0.2, 0.25) is 0 Å². The lowest BCUT2D eigenvalue weighted by Gasteiger charge is -2.26. The number of anilines is 1. The van der Waals surface area contributed by atoms with Gasteiger partial charge in [-0.1, -0.05) is 25.1 Å². The molecule has 7 heteroatoms. The zero-order valence-corrected chi connectivity index (χ0v) is 17.5. The first kappa shape index (κ1) is 21.9. The van der Waals surface area contributed by atoms with Crippen molar-refractivity contribution in [1.29, 1.82) is 5.26 Å². The van der Waals surface area contributed by atoms with Crippen LogP contribution in [0.3, 0.4) is 0 Å². The highest BCUT2D eigenvalue weighted by Gasteiger charge is 2.21. The third kappa shape index (κ3) is 5.04. The molecule has 0 atom stereocenters. The van der Waals surface area contributed by atoms with E-state index in [0.29, 0.717) is 11.3 Å². The van der Waals surface area contributed by atoms with Crippen LogP contribution in [-0.4, -0.2) is 30.2 Å². The molecule has 0 aromatic heterocycles. The van der Waals surface area contributed by atoms with Crippen LogP contribution in [0.2, 0.25) is 0 Å². The third-order valence-electron chi connectivity index (χ3n) is 5.15. The zero-order valence-electron chi connectivity index (χ0n) is 17.5. The minimum Gasteiger partial charge on any atom is -0.511 e. The number of carbonyl (C=O) groups is 2. The standard InChI is InChI=1S/C24H24N2O5/c1-3-22(27)21(14-25)23(28)26-16-10-11-19(20(13-16)24(29)30-2)15-6-4-9-18(12-15)31-17-7-5-8-17/h4,6,9-13,17,27H,3,5,7-8H2,1-2H3,(H,26,28)/b22-21-. The van der Waals surface area contributed by atoms with Crippen molar-refractivity contribution >= 4 is 17.6 Å². The molecule has 2 N–H and O–H groups in total. The van der Waals surface area contributed by atoms with E-state index in [2.05, 4.69) is 5.32 Å². The Bertz CT molecular complexity index is 1060. The molecule has 1 fully saturated rings. The van der Waals surface area contributed by atoms with Crippen LogP contribution in [0.1, 0.15) is 43.0 Å². The van der Waals surface area contributed by atoms with Gasteiger partial charge in [-0.3, -0.25) is 4.79 Å². The SMILES string of the molecule is CC/C(O)=C(\C#N)C(=O)Nc1ccc(-c2cccc(OC3CCC3)c2)c(C(=O)OC)c1. The maximum atomic E-state index is 12.4. The number of allylic oxidation sites excluding steroid dienone is 1. The van der Waals surface area contributed by atoms with Crippen LogP contribution in [-0.2, 0) is 9.53 Å². The van der Waals surface area contributed by atoms with E-state index < -0.39 is 11.9 Å². The van der Waals surface area contributed by atoms with Crippen molar-refractivity contribution in [2.75, 3.05) is 12.4 Å². The van der Waals surface area contributed by atoms with Gasteiger partial charge in [-0.25, -0.2) is 4.79 Å².